The number of thiophene rings is 1. The largest absolute Gasteiger partial charge is 0.309 e. The summed E-state index contributed by atoms with van der Waals surface area (Å²) in [4.78, 5) is 12.5. The van der Waals surface area contributed by atoms with Crippen LogP contribution in [0.3, 0.4) is 0 Å². The molecule has 1 aliphatic rings. The van der Waals surface area contributed by atoms with Gasteiger partial charge in [-0.15, -0.1) is 11.3 Å². The second kappa shape index (κ2) is 7.13. The predicted octanol–water partition coefficient (Wildman–Crippen LogP) is 2.81. The lowest BCUT2D eigenvalue weighted by Gasteiger charge is -2.29. The van der Waals surface area contributed by atoms with E-state index in [1.54, 1.807) is 17.5 Å². The van der Waals surface area contributed by atoms with Crippen LogP contribution in [0.15, 0.2) is 27.8 Å². The van der Waals surface area contributed by atoms with Gasteiger partial charge in [-0.25, -0.2) is 8.42 Å². The number of nitrogens with one attached hydrogen (secondary N) is 2. The SMILES string of the molecule is CC(C)(C)c1cc(NC(=O)C2CCN(S(=O)(=O)c3cccs3)CC2)n[nH]1. The molecule has 142 valence electrons. The first-order valence-electron chi connectivity index (χ1n) is 8.58. The summed E-state index contributed by atoms with van der Waals surface area (Å²) in [6.07, 6.45) is 1.01. The molecule has 1 saturated heterocycles. The lowest BCUT2D eigenvalue weighted by atomic mass is 9.92. The van der Waals surface area contributed by atoms with E-state index in [1.807, 2.05) is 6.07 Å². The van der Waals surface area contributed by atoms with Gasteiger partial charge in [0.25, 0.3) is 10.0 Å². The Morgan fingerprint density at radius 1 is 1.35 bits per heavy atom. The van der Waals surface area contributed by atoms with E-state index >= 15 is 0 Å². The molecule has 0 unspecified atom stereocenters. The van der Waals surface area contributed by atoms with Crippen molar-refractivity contribution in [3.8, 4) is 0 Å². The predicted molar refractivity (Wildman–Crippen MR) is 102 cm³/mol. The van der Waals surface area contributed by atoms with Gasteiger partial charge in [0.2, 0.25) is 5.91 Å². The topological polar surface area (TPSA) is 95.2 Å². The Kier molecular flexibility index (Phi) is 5.23. The third kappa shape index (κ3) is 3.99. The van der Waals surface area contributed by atoms with Crippen molar-refractivity contribution in [2.75, 3.05) is 18.4 Å². The van der Waals surface area contributed by atoms with Gasteiger partial charge in [0.1, 0.15) is 4.21 Å². The molecule has 9 heteroatoms. The standard InChI is InChI=1S/C17H24N4O3S2/c1-17(2,3)13-11-14(20-19-13)18-16(22)12-6-8-21(9-7-12)26(23,24)15-5-4-10-25-15/h4-5,10-12H,6-9H2,1-3H3,(H2,18,19,20,22). The molecule has 0 radical (unpaired) electrons. The van der Waals surface area contributed by atoms with E-state index in [0.29, 0.717) is 36.0 Å². The van der Waals surface area contributed by atoms with Crippen LogP contribution in [0.1, 0.15) is 39.3 Å². The van der Waals surface area contributed by atoms with E-state index in [0.717, 1.165) is 5.69 Å². The lowest BCUT2D eigenvalue weighted by Crippen LogP contribution is -2.41. The van der Waals surface area contributed by atoms with Crippen molar-refractivity contribution in [3.05, 3.63) is 29.3 Å². The van der Waals surface area contributed by atoms with Crippen LogP contribution in [-0.2, 0) is 20.2 Å². The van der Waals surface area contributed by atoms with Crippen molar-refractivity contribution in [1.82, 2.24) is 14.5 Å². The number of H-pyrrole nitrogens is 1. The number of nitrogens with zero attached hydrogens (tertiary/aromatic N) is 2. The van der Waals surface area contributed by atoms with Gasteiger partial charge < -0.3 is 5.32 Å². The molecule has 26 heavy (non-hydrogen) atoms. The second-order valence-corrected chi connectivity index (χ2v) is 10.6. The number of amides is 1. The summed E-state index contributed by atoms with van der Waals surface area (Å²) in [6, 6.07) is 5.19. The average molecular weight is 397 g/mol. The zero-order chi connectivity index (χ0) is 18.9. The first kappa shape index (κ1) is 19.1. The fourth-order valence-corrected chi connectivity index (χ4v) is 5.51. The summed E-state index contributed by atoms with van der Waals surface area (Å²) in [6.45, 7) is 6.90. The number of rotatable bonds is 4. The van der Waals surface area contributed by atoms with Gasteiger partial charge in [0.15, 0.2) is 5.82 Å². The molecule has 7 nitrogen and oxygen atoms in total. The van der Waals surface area contributed by atoms with Gasteiger partial charge in [-0.2, -0.15) is 9.40 Å². The molecule has 2 aromatic rings. The highest BCUT2D eigenvalue weighted by atomic mass is 32.2. The smallest absolute Gasteiger partial charge is 0.252 e. The normalized spacial score (nSPS) is 17.3. The van der Waals surface area contributed by atoms with Gasteiger partial charge in [0, 0.05) is 36.2 Å². The Labute approximate surface area is 157 Å². The molecule has 0 bridgehead atoms. The molecule has 0 atom stereocenters. The molecule has 0 spiro atoms. The Bertz CT molecular complexity index is 858. The number of hydrogen-bond donors (Lipinski definition) is 2. The molecule has 3 heterocycles. The Balaban J connectivity index is 1.58. The van der Waals surface area contributed by atoms with Gasteiger partial charge in [-0.3, -0.25) is 9.89 Å². The van der Waals surface area contributed by atoms with Crippen LogP contribution in [-0.4, -0.2) is 41.9 Å². The number of hydrogen-bond acceptors (Lipinski definition) is 5. The van der Waals surface area contributed by atoms with Crippen LogP contribution in [0.2, 0.25) is 0 Å². The molecule has 1 fully saturated rings. The fourth-order valence-electron chi connectivity index (χ4n) is 2.89. The quantitative estimate of drug-likeness (QED) is 0.831. The van der Waals surface area contributed by atoms with Crippen LogP contribution in [0.25, 0.3) is 0 Å². The van der Waals surface area contributed by atoms with Crippen LogP contribution in [0.5, 0.6) is 0 Å². The highest BCUT2D eigenvalue weighted by Gasteiger charge is 2.32. The number of sulfonamides is 1. The maximum absolute atomic E-state index is 12.5. The van der Waals surface area contributed by atoms with Crippen molar-refractivity contribution in [1.29, 1.82) is 0 Å². The van der Waals surface area contributed by atoms with Crippen LogP contribution < -0.4 is 5.32 Å². The van der Waals surface area contributed by atoms with Crippen molar-refractivity contribution in [2.45, 2.75) is 43.2 Å². The van der Waals surface area contributed by atoms with E-state index in [2.05, 4.69) is 36.3 Å². The number of piperidine rings is 1. The summed E-state index contributed by atoms with van der Waals surface area (Å²) in [5, 5.41) is 11.7. The minimum absolute atomic E-state index is 0.0720. The van der Waals surface area contributed by atoms with E-state index in [4.69, 9.17) is 0 Å². The lowest BCUT2D eigenvalue weighted by molar-refractivity contribution is -0.120. The van der Waals surface area contributed by atoms with Gasteiger partial charge in [0.05, 0.1) is 0 Å². The fraction of sp³-hybridized carbons (Fsp3) is 0.529. The summed E-state index contributed by atoms with van der Waals surface area (Å²) in [5.41, 5.74) is 0.877. The Hall–Kier alpha value is -1.71. The molecule has 3 rings (SSSR count). The zero-order valence-corrected chi connectivity index (χ0v) is 16.8. The minimum atomic E-state index is -3.44. The van der Waals surface area contributed by atoms with E-state index < -0.39 is 10.0 Å². The average Bonchev–Trinajstić information content (AvgIpc) is 3.26. The number of carbonyl (C=O) groups excluding carboxylic acids is 1. The molecule has 0 aliphatic carbocycles. The number of aromatic amines is 1. The maximum Gasteiger partial charge on any atom is 0.252 e. The van der Waals surface area contributed by atoms with Crippen molar-refractivity contribution in [3.63, 3.8) is 0 Å². The molecular formula is C17H24N4O3S2. The highest BCUT2D eigenvalue weighted by Crippen LogP contribution is 2.27. The van der Waals surface area contributed by atoms with E-state index in [1.165, 1.54) is 15.6 Å². The first-order valence-corrected chi connectivity index (χ1v) is 10.9. The van der Waals surface area contributed by atoms with Gasteiger partial charge in [-0.05, 0) is 24.3 Å². The monoisotopic (exact) mass is 396 g/mol. The van der Waals surface area contributed by atoms with Crippen molar-refractivity contribution >= 4 is 33.1 Å². The minimum Gasteiger partial charge on any atom is -0.309 e. The van der Waals surface area contributed by atoms with Gasteiger partial charge >= 0.3 is 0 Å². The molecular weight excluding hydrogens is 372 g/mol. The molecule has 0 saturated carbocycles. The van der Waals surface area contributed by atoms with E-state index in [-0.39, 0.29) is 17.2 Å². The zero-order valence-electron chi connectivity index (χ0n) is 15.2. The maximum atomic E-state index is 12.5. The Morgan fingerprint density at radius 3 is 2.58 bits per heavy atom. The number of carbonyl (C=O) groups is 1. The number of aromatic nitrogens is 2. The first-order chi connectivity index (χ1) is 12.2. The number of anilines is 1. The van der Waals surface area contributed by atoms with Crippen LogP contribution in [0, 0.1) is 5.92 Å². The molecule has 2 N–H and O–H groups in total. The summed E-state index contributed by atoms with van der Waals surface area (Å²) < 4.78 is 26.9. The third-order valence-corrected chi connectivity index (χ3v) is 7.82. The molecule has 1 aliphatic heterocycles. The summed E-state index contributed by atoms with van der Waals surface area (Å²) >= 11 is 1.22. The molecule has 0 aromatic carbocycles. The van der Waals surface area contributed by atoms with E-state index in [9.17, 15) is 13.2 Å². The summed E-state index contributed by atoms with van der Waals surface area (Å²) in [5.74, 6) is 0.193. The third-order valence-electron chi connectivity index (χ3n) is 4.55. The molecule has 2 aromatic heterocycles. The van der Waals surface area contributed by atoms with Crippen LogP contribution in [0.4, 0.5) is 5.82 Å². The second-order valence-electron chi connectivity index (χ2n) is 7.52. The molecule has 1 amide bonds. The Morgan fingerprint density at radius 2 is 2.04 bits per heavy atom. The highest BCUT2D eigenvalue weighted by molar-refractivity contribution is 7.91. The van der Waals surface area contributed by atoms with Crippen molar-refractivity contribution in [2.24, 2.45) is 5.92 Å². The van der Waals surface area contributed by atoms with Crippen LogP contribution >= 0.6 is 11.3 Å². The summed E-state index contributed by atoms with van der Waals surface area (Å²) in [7, 11) is -3.44. The van der Waals surface area contributed by atoms with Gasteiger partial charge in [-0.1, -0.05) is 26.8 Å². The van der Waals surface area contributed by atoms with Crippen molar-refractivity contribution < 1.29 is 13.2 Å².